The second-order valence-electron chi connectivity index (χ2n) is 18.1. The van der Waals surface area contributed by atoms with Crippen LogP contribution in [0.3, 0.4) is 0 Å². The zero-order chi connectivity index (χ0) is 44.2. The first kappa shape index (κ1) is 45.3. The molecule has 1 saturated carbocycles. The second kappa shape index (κ2) is 19.2. The van der Waals surface area contributed by atoms with Crippen LogP contribution in [0.15, 0.2) is 54.7 Å². The standard InChI is InChI=1S/C48H64N6O7/c1-10-53-41-16-15-33(25-38(41)39(26-48(6,7)27-61-28-55)44(53)36-14-13-17-49-42(36)31(5)60-9)34-21-32(22-35(56)24-34)23-40(47(59)54-19-12-11-18-50-54)51-45(57)43(29(2)3)52(8)46(58)37-20-30(37)4/h13-17,21-22,24-25,28-31,37,40,43,50,56H,10-12,18-20,23,26-27H2,1-9H3,(H,51,57). The quantitative estimate of drug-likeness (QED) is 0.0915. The van der Waals surface area contributed by atoms with E-state index < -0.39 is 17.5 Å². The van der Waals surface area contributed by atoms with Crippen molar-refractivity contribution in [2.24, 2.45) is 23.2 Å². The minimum atomic E-state index is -0.966. The average Bonchev–Trinajstić information content (AvgIpc) is 3.90. The summed E-state index contributed by atoms with van der Waals surface area (Å²) in [5.74, 6) is -0.677. The third kappa shape index (κ3) is 10.1. The van der Waals surface area contributed by atoms with E-state index in [9.17, 15) is 24.3 Å². The smallest absolute Gasteiger partial charge is 0.293 e. The highest BCUT2D eigenvalue weighted by atomic mass is 16.5. The fourth-order valence-electron chi connectivity index (χ4n) is 8.97. The third-order valence-corrected chi connectivity index (χ3v) is 12.3. The van der Waals surface area contributed by atoms with Gasteiger partial charge in [-0.15, -0.1) is 0 Å². The summed E-state index contributed by atoms with van der Waals surface area (Å²) in [5.41, 5.74) is 9.89. The molecular weight excluding hydrogens is 773 g/mol. The van der Waals surface area contributed by atoms with E-state index in [1.807, 2.05) is 45.9 Å². The maximum atomic E-state index is 14.2. The van der Waals surface area contributed by atoms with E-state index in [-0.39, 0.29) is 54.4 Å². The van der Waals surface area contributed by atoms with Crippen molar-refractivity contribution in [1.29, 1.82) is 0 Å². The molecule has 3 amide bonds. The van der Waals surface area contributed by atoms with Crippen LogP contribution in [0.25, 0.3) is 33.3 Å². The Labute approximate surface area is 360 Å². The molecule has 2 aromatic carbocycles. The first-order valence-corrected chi connectivity index (χ1v) is 21.7. The molecule has 13 heteroatoms. The number of rotatable bonds is 18. The average molecular weight is 837 g/mol. The SMILES string of the molecule is CCn1c(-c2cccnc2C(C)OC)c(CC(C)(C)COC=O)c2cc(-c3cc(O)cc(CC(NC(=O)C(C(C)C)N(C)C(=O)C4CC4C)C(=O)N4CCCCN4)c3)ccc21. The number of ether oxygens (including phenoxy) is 2. The van der Waals surface area contributed by atoms with E-state index in [1.54, 1.807) is 42.4 Å². The molecule has 6 rings (SSSR count). The van der Waals surface area contributed by atoms with Crippen molar-refractivity contribution in [2.75, 3.05) is 33.9 Å². The number of hydrazine groups is 1. The van der Waals surface area contributed by atoms with Crippen LogP contribution in [0.5, 0.6) is 5.75 Å². The Hall–Kier alpha value is -5.27. The molecule has 1 saturated heterocycles. The molecule has 3 heterocycles. The van der Waals surface area contributed by atoms with Crippen molar-refractivity contribution in [1.82, 2.24) is 30.2 Å². The van der Waals surface area contributed by atoms with Crippen LogP contribution in [0.2, 0.25) is 0 Å². The van der Waals surface area contributed by atoms with Crippen LogP contribution < -0.4 is 10.7 Å². The highest BCUT2D eigenvalue weighted by Crippen LogP contribution is 2.42. The number of phenolic OH excluding ortho intramolecular Hbond substituents is 1. The fraction of sp³-hybridized carbons (Fsp3) is 0.521. The molecule has 13 nitrogen and oxygen atoms in total. The minimum absolute atomic E-state index is 0.0258. The van der Waals surface area contributed by atoms with E-state index in [0.29, 0.717) is 44.0 Å². The number of aromatic hydroxyl groups is 1. The van der Waals surface area contributed by atoms with Gasteiger partial charge >= 0.3 is 0 Å². The topological polar surface area (TPSA) is 155 Å². The molecule has 1 aliphatic heterocycles. The number of benzene rings is 2. The summed E-state index contributed by atoms with van der Waals surface area (Å²) >= 11 is 0. The van der Waals surface area contributed by atoms with Crippen LogP contribution >= 0.6 is 0 Å². The lowest BCUT2D eigenvalue weighted by molar-refractivity contribution is -0.144. The van der Waals surface area contributed by atoms with Crippen LogP contribution in [0.4, 0.5) is 0 Å². The normalized spacial score (nSPS) is 18.1. The van der Waals surface area contributed by atoms with Gasteiger partial charge < -0.3 is 29.4 Å². The maximum Gasteiger partial charge on any atom is 0.293 e. The van der Waals surface area contributed by atoms with Crippen LogP contribution in [-0.4, -0.2) is 94.7 Å². The molecule has 2 aromatic heterocycles. The van der Waals surface area contributed by atoms with Gasteiger partial charge in [-0.25, -0.2) is 5.43 Å². The lowest BCUT2D eigenvalue weighted by atomic mass is 9.84. The van der Waals surface area contributed by atoms with E-state index >= 15 is 0 Å². The van der Waals surface area contributed by atoms with Crippen molar-refractivity contribution in [3.8, 4) is 28.1 Å². The minimum Gasteiger partial charge on any atom is -0.508 e. The van der Waals surface area contributed by atoms with E-state index in [1.165, 1.54) is 0 Å². The Kier molecular flexibility index (Phi) is 14.2. The molecule has 0 radical (unpaired) electrons. The van der Waals surface area contributed by atoms with Crippen LogP contribution in [0.1, 0.15) is 90.7 Å². The third-order valence-electron chi connectivity index (χ3n) is 12.3. The van der Waals surface area contributed by atoms with Crippen LogP contribution in [-0.2, 0) is 48.0 Å². The Morgan fingerprint density at radius 2 is 1.85 bits per heavy atom. The van der Waals surface area contributed by atoms with Gasteiger partial charge in [-0.2, -0.15) is 0 Å². The summed E-state index contributed by atoms with van der Waals surface area (Å²) in [6.45, 7) is 16.6. The summed E-state index contributed by atoms with van der Waals surface area (Å²) in [5, 5.41) is 16.9. The molecule has 5 atom stereocenters. The molecule has 5 unspecified atom stereocenters. The number of fused-ring (bicyclic) bond motifs is 1. The van der Waals surface area contributed by atoms with Gasteiger partial charge in [-0.3, -0.25) is 29.2 Å². The number of carbonyl (C=O) groups excluding carboxylic acids is 4. The lowest BCUT2D eigenvalue weighted by Crippen LogP contribution is -2.59. The summed E-state index contributed by atoms with van der Waals surface area (Å²) < 4.78 is 13.4. The molecule has 61 heavy (non-hydrogen) atoms. The van der Waals surface area contributed by atoms with Crippen molar-refractivity contribution >= 4 is 35.1 Å². The zero-order valence-corrected chi connectivity index (χ0v) is 37.3. The first-order chi connectivity index (χ1) is 29.1. The number of pyridine rings is 1. The second-order valence-corrected chi connectivity index (χ2v) is 18.1. The highest BCUT2D eigenvalue weighted by Gasteiger charge is 2.44. The molecule has 2 fully saturated rings. The number of phenols is 1. The van der Waals surface area contributed by atoms with Gasteiger partial charge in [0.15, 0.2) is 0 Å². The first-order valence-electron chi connectivity index (χ1n) is 21.7. The predicted molar refractivity (Wildman–Crippen MR) is 236 cm³/mol. The Bertz CT molecular complexity index is 2230. The number of nitrogens with zero attached hydrogens (tertiary/aromatic N) is 4. The van der Waals surface area contributed by atoms with Gasteiger partial charge in [-0.1, -0.05) is 46.8 Å². The summed E-state index contributed by atoms with van der Waals surface area (Å²) in [6.07, 6.45) is 4.78. The van der Waals surface area contributed by atoms with Crippen molar-refractivity contribution in [2.45, 2.75) is 105 Å². The van der Waals surface area contributed by atoms with E-state index in [2.05, 4.69) is 54.3 Å². The summed E-state index contributed by atoms with van der Waals surface area (Å²) in [7, 11) is 3.35. The van der Waals surface area contributed by atoms with Gasteiger partial charge in [0, 0.05) is 74.2 Å². The van der Waals surface area contributed by atoms with Crippen molar-refractivity contribution in [3.63, 3.8) is 0 Å². The summed E-state index contributed by atoms with van der Waals surface area (Å²) in [6, 6.07) is 13.8. The van der Waals surface area contributed by atoms with Crippen LogP contribution in [0, 0.1) is 23.2 Å². The number of hydrogen-bond acceptors (Lipinski definition) is 9. The number of carbonyl (C=O) groups is 4. The molecule has 1 aliphatic carbocycles. The molecule has 4 aromatic rings. The van der Waals surface area contributed by atoms with Gasteiger partial charge in [0.05, 0.1) is 24.1 Å². The number of aryl methyl sites for hydroxylation is 1. The number of hydrogen-bond donors (Lipinski definition) is 3. The number of likely N-dealkylation sites (N-methyl/N-ethyl adjacent to an activating group) is 1. The number of nitrogens with one attached hydrogen (secondary N) is 2. The molecule has 3 N–H and O–H groups in total. The Morgan fingerprint density at radius 1 is 1.10 bits per heavy atom. The van der Waals surface area contributed by atoms with E-state index in [0.717, 1.165) is 63.8 Å². The molecular formula is C48H64N6O7. The van der Waals surface area contributed by atoms with Gasteiger partial charge in [-0.05, 0) is 110 Å². The monoisotopic (exact) mass is 836 g/mol. The fourth-order valence-corrected chi connectivity index (χ4v) is 8.97. The van der Waals surface area contributed by atoms with Gasteiger partial charge in [0.2, 0.25) is 11.8 Å². The highest BCUT2D eigenvalue weighted by molar-refractivity contribution is 5.96. The van der Waals surface area contributed by atoms with Crippen molar-refractivity contribution in [3.05, 3.63) is 71.5 Å². The van der Waals surface area contributed by atoms with E-state index in [4.69, 9.17) is 14.5 Å². The van der Waals surface area contributed by atoms with Gasteiger partial charge in [0.25, 0.3) is 12.4 Å². The largest absolute Gasteiger partial charge is 0.508 e. The number of amides is 3. The molecule has 0 spiro atoms. The lowest BCUT2D eigenvalue weighted by Gasteiger charge is -2.34. The summed E-state index contributed by atoms with van der Waals surface area (Å²) in [4.78, 5) is 59.3. The van der Waals surface area contributed by atoms with Crippen molar-refractivity contribution < 1.29 is 33.8 Å². The zero-order valence-electron chi connectivity index (χ0n) is 37.3. The van der Waals surface area contributed by atoms with Gasteiger partial charge in [0.1, 0.15) is 17.8 Å². The predicted octanol–water partition coefficient (Wildman–Crippen LogP) is 6.84. The maximum absolute atomic E-state index is 14.2. The molecule has 0 bridgehead atoms. The number of aromatic nitrogens is 2. The Morgan fingerprint density at radius 3 is 2.49 bits per heavy atom. The Balaban J connectivity index is 1.41. The number of methoxy groups -OCH3 is 1. The molecule has 328 valence electrons. The molecule has 2 aliphatic rings.